The van der Waals surface area contributed by atoms with Crippen molar-refractivity contribution in [1.82, 2.24) is 14.5 Å². The fourth-order valence-corrected chi connectivity index (χ4v) is 3.45. The molecule has 4 nitrogen and oxygen atoms in total. The van der Waals surface area contributed by atoms with E-state index in [1.165, 1.54) is 0 Å². The predicted molar refractivity (Wildman–Crippen MR) is 105 cm³/mol. The Bertz CT molecular complexity index is 913. The van der Waals surface area contributed by atoms with Crippen LogP contribution in [-0.4, -0.2) is 21.6 Å². The molecule has 0 radical (unpaired) electrons. The van der Waals surface area contributed by atoms with Crippen molar-refractivity contribution in [3.63, 3.8) is 0 Å². The summed E-state index contributed by atoms with van der Waals surface area (Å²) in [5.74, 6) is 1.59. The fraction of sp³-hybridized carbons (Fsp3) is 0.300. The van der Waals surface area contributed by atoms with Crippen LogP contribution in [0.25, 0.3) is 17.1 Å². The van der Waals surface area contributed by atoms with E-state index < -0.39 is 4.75 Å². The maximum absolute atomic E-state index is 13.6. The van der Waals surface area contributed by atoms with Crippen molar-refractivity contribution in [3.8, 4) is 22.8 Å². The molecule has 0 spiro atoms. The highest BCUT2D eigenvalue weighted by atomic mass is 32.2. The molecule has 0 N–H and O–H groups in total. The zero-order valence-electron chi connectivity index (χ0n) is 15.6. The molecule has 26 heavy (non-hydrogen) atoms. The van der Waals surface area contributed by atoms with Crippen LogP contribution in [0.5, 0.6) is 5.75 Å². The molecule has 0 unspecified atom stereocenters. The van der Waals surface area contributed by atoms with Crippen molar-refractivity contribution in [2.24, 2.45) is 0 Å². The standard InChI is InChI=1S/C20H22FN3OS/c1-13-10-15(25-5)11-14(2)18(13)24-9-8-23-19(24)16-6-7-22-12-17(16)20(3,4)26-21/h6-12H,1-5H3. The molecular weight excluding hydrogens is 349 g/mol. The summed E-state index contributed by atoms with van der Waals surface area (Å²) in [4.78, 5) is 8.76. The molecule has 0 saturated carbocycles. The molecule has 1 aromatic carbocycles. The van der Waals surface area contributed by atoms with Gasteiger partial charge in [-0.2, -0.15) is 3.89 Å². The Labute approximate surface area is 157 Å². The van der Waals surface area contributed by atoms with Crippen molar-refractivity contribution in [2.75, 3.05) is 7.11 Å². The van der Waals surface area contributed by atoms with Crippen LogP contribution in [-0.2, 0) is 4.75 Å². The van der Waals surface area contributed by atoms with Crippen molar-refractivity contribution >= 4 is 12.1 Å². The lowest BCUT2D eigenvalue weighted by atomic mass is 9.98. The normalized spacial score (nSPS) is 11.6. The van der Waals surface area contributed by atoms with Crippen LogP contribution in [0.1, 0.15) is 30.5 Å². The van der Waals surface area contributed by atoms with Crippen molar-refractivity contribution in [3.05, 3.63) is 59.7 Å². The van der Waals surface area contributed by atoms with Gasteiger partial charge in [-0.25, -0.2) is 4.98 Å². The van der Waals surface area contributed by atoms with E-state index in [1.807, 2.05) is 56.7 Å². The van der Waals surface area contributed by atoms with E-state index in [4.69, 9.17) is 4.74 Å². The molecule has 2 heterocycles. The Hall–Kier alpha value is -2.34. The maximum Gasteiger partial charge on any atom is 0.144 e. The zero-order valence-corrected chi connectivity index (χ0v) is 16.4. The van der Waals surface area contributed by atoms with Crippen LogP contribution in [0.4, 0.5) is 3.89 Å². The fourth-order valence-electron chi connectivity index (χ4n) is 3.21. The minimum Gasteiger partial charge on any atom is -0.497 e. The number of pyridine rings is 1. The monoisotopic (exact) mass is 371 g/mol. The number of ether oxygens (including phenoxy) is 1. The van der Waals surface area contributed by atoms with E-state index in [0.29, 0.717) is 12.1 Å². The largest absolute Gasteiger partial charge is 0.497 e. The Morgan fingerprint density at radius 3 is 2.46 bits per heavy atom. The molecule has 2 aromatic heterocycles. The highest BCUT2D eigenvalue weighted by molar-refractivity contribution is 7.95. The molecule has 0 amide bonds. The van der Waals surface area contributed by atoms with Crippen LogP contribution >= 0.6 is 12.1 Å². The van der Waals surface area contributed by atoms with E-state index in [-0.39, 0.29) is 0 Å². The lowest BCUT2D eigenvalue weighted by Crippen LogP contribution is -2.14. The minimum atomic E-state index is -0.718. The van der Waals surface area contributed by atoms with Gasteiger partial charge in [0.15, 0.2) is 0 Å². The van der Waals surface area contributed by atoms with Crippen molar-refractivity contribution in [2.45, 2.75) is 32.4 Å². The SMILES string of the molecule is COc1cc(C)c(-n2ccnc2-c2ccncc2C(C)(C)SF)c(C)c1. The van der Waals surface area contributed by atoms with Crippen LogP contribution < -0.4 is 4.74 Å². The number of hydrogen-bond donors (Lipinski definition) is 0. The molecule has 0 atom stereocenters. The third kappa shape index (κ3) is 3.21. The minimum absolute atomic E-state index is 0.311. The van der Waals surface area contributed by atoms with E-state index in [2.05, 4.69) is 9.97 Å². The summed E-state index contributed by atoms with van der Waals surface area (Å²) in [6.07, 6.45) is 7.12. The van der Waals surface area contributed by atoms with Gasteiger partial charge in [-0.3, -0.25) is 9.55 Å². The summed E-state index contributed by atoms with van der Waals surface area (Å²) in [6.45, 7) is 7.78. The Morgan fingerprint density at radius 2 is 1.85 bits per heavy atom. The molecule has 3 aromatic rings. The summed E-state index contributed by atoms with van der Waals surface area (Å²) in [7, 11) is 1.66. The topological polar surface area (TPSA) is 39.9 Å². The van der Waals surface area contributed by atoms with E-state index >= 15 is 0 Å². The van der Waals surface area contributed by atoms with Gasteiger partial charge >= 0.3 is 0 Å². The van der Waals surface area contributed by atoms with Gasteiger partial charge in [0.2, 0.25) is 0 Å². The molecule has 0 aliphatic rings. The number of aryl methyl sites for hydroxylation is 2. The number of halogens is 1. The summed E-state index contributed by atoms with van der Waals surface area (Å²) < 4.78 is 20.3. The second-order valence-corrected chi connectivity index (χ2v) is 7.91. The molecule has 3 rings (SSSR count). The van der Waals surface area contributed by atoms with Crippen LogP contribution in [0.3, 0.4) is 0 Å². The number of methoxy groups -OCH3 is 1. The molecule has 0 bridgehead atoms. The summed E-state index contributed by atoms with van der Waals surface area (Å²) in [5, 5.41) is 0. The zero-order chi connectivity index (χ0) is 18.9. The molecule has 136 valence electrons. The average Bonchev–Trinajstić information content (AvgIpc) is 3.10. The van der Waals surface area contributed by atoms with Gasteiger partial charge < -0.3 is 4.74 Å². The predicted octanol–water partition coefficient (Wildman–Crippen LogP) is 5.41. The third-order valence-corrected chi connectivity index (χ3v) is 5.09. The smallest absolute Gasteiger partial charge is 0.144 e. The average molecular weight is 371 g/mol. The Balaban J connectivity index is 2.22. The van der Waals surface area contributed by atoms with Gasteiger partial charge in [0.25, 0.3) is 0 Å². The summed E-state index contributed by atoms with van der Waals surface area (Å²) in [5.41, 5.74) is 4.89. The summed E-state index contributed by atoms with van der Waals surface area (Å²) in [6, 6.07) is 5.89. The van der Waals surface area contributed by atoms with E-state index in [0.717, 1.165) is 39.5 Å². The Kier molecular flexibility index (Phi) is 5.05. The first kappa shape index (κ1) is 18.5. The van der Waals surface area contributed by atoms with Crippen molar-refractivity contribution in [1.29, 1.82) is 0 Å². The number of rotatable bonds is 5. The van der Waals surface area contributed by atoms with Gasteiger partial charge in [0.1, 0.15) is 11.6 Å². The quantitative estimate of drug-likeness (QED) is 0.601. The first-order valence-corrected chi connectivity index (χ1v) is 9.04. The first-order chi connectivity index (χ1) is 12.4. The van der Waals surface area contributed by atoms with Gasteiger partial charge in [0.05, 0.1) is 29.7 Å². The highest BCUT2D eigenvalue weighted by Crippen LogP contribution is 2.41. The van der Waals surface area contributed by atoms with Crippen LogP contribution in [0, 0.1) is 13.8 Å². The second-order valence-electron chi connectivity index (χ2n) is 6.74. The van der Waals surface area contributed by atoms with Gasteiger partial charge in [0, 0.05) is 30.4 Å². The van der Waals surface area contributed by atoms with E-state index in [9.17, 15) is 3.89 Å². The first-order valence-electron chi connectivity index (χ1n) is 8.32. The van der Waals surface area contributed by atoms with Crippen LogP contribution in [0.2, 0.25) is 0 Å². The van der Waals surface area contributed by atoms with Gasteiger partial charge in [-0.15, -0.1) is 0 Å². The van der Waals surface area contributed by atoms with Gasteiger partial charge in [-0.05, 0) is 62.6 Å². The Morgan fingerprint density at radius 1 is 1.15 bits per heavy atom. The highest BCUT2D eigenvalue weighted by Gasteiger charge is 2.28. The molecule has 0 aliphatic heterocycles. The van der Waals surface area contributed by atoms with Crippen LogP contribution in [0.15, 0.2) is 43.0 Å². The summed E-state index contributed by atoms with van der Waals surface area (Å²) >= 11 is 0.311. The van der Waals surface area contributed by atoms with E-state index in [1.54, 1.807) is 25.7 Å². The maximum atomic E-state index is 13.6. The second kappa shape index (κ2) is 7.11. The molecule has 0 fully saturated rings. The number of nitrogens with zero attached hydrogens (tertiary/aromatic N) is 3. The number of benzene rings is 1. The lowest BCUT2D eigenvalue weighted by Gasteiger charge is -2.23. The van der Waals surface area contributed by atoms with Gasteiger partial charge in [-0.1, -0.05) is 0 Å². The molecule has 6 heteroatoms. The van der Waals surface area contributed by atoms with Crippen molar-refractivity contribution < 1.29 is 8.62 Å². The number of aromatic nitrogens is 3. The molecule has 0 aliphatic carbocycles. The third-order valence-electron chi connectivity index (χ3n) is 4.49. The lowest BCUT2D eigenvalue weighted by molar-refractivity contribution is 0.414. The molecule has 0 saturated heterocycles. The number of hydrogen-bond acceptors (Lipinski definition) is 4. The number of imidazole rings is 1. The molecular formula is C20H22FN3OS.